The Morgan fingerprint density at radius 1 is 1.30 bits per heavy atom. The molecule has 0 saturated carbocycles. The van der Waals surface area contributed by atoms with Crippen LogP contribution >= 0.6 is 11.8 Å². The number of thioether (sulfide) groups is 1. The van der Waals surface area contributed by atoms with E-state index in [1.54, 1.807) is 0 Å². The standard InChI is InChI=1S/C19H15N3O7S/c1-29-15-8-11(6-7-14(15)23)9-16-18(25)21(19(26)30-16)10-17(24)20-12-4-2-3-5-13(12)22(27)28/h2-9,23H,10H2,1H3,(H,20,24)/b16-9-. The number of carbonyl (C=O) groups excluding carboxylic acids is 3. The van der Waals surface area contributed by atoms with E-state index in [1.807, 2.05) is 0 Å². The average molecular weight is 429 g/mol. The van der Waals surface area contributed by atoms with Crippen LogP contribution in [0, 0.1) is 10.1 Å². The third-order valence-corrected chi connectivity index (χ3v) is 4.96. The highest BCUT2D eigenvalue weighted by atomic mass is 32.2. The van der Waals surface area contributed by atoms with Gasteiger partial charge < -0.3 is 15.2 Å². The van der Waals surface area contributed by atoms with Crippen molar-refractivity contribution in [2.75, 3.05) is 19.0 Å². The van der Waals surface area contributed by atoms with Crippen LogP contribution in [-0.2, 0) is 9.59 Å². The van der Waals surface area contributed by atoms with E-state index in [-0.39, 0.29) is 27.8 Å². The molecule has 1 saturated heterocycles. The highest BCUT2D eigenvalue weighted by Crippen LogP contribution is 2.34. The third-order valence-electron chi connectivity index (χ3n) is 4.05. The Kier molecular flexibility index (Phi) is 6.02. The molecule has 1 heterocycles. The first-order chi connectivity index (χ1) is 14.3. The number of carbonyl (C=O) groups is 3. The van der Waals surface area contributed by atoms with Gasteiger partial charge in [0.1, 0.15) is 12.2 Å². The van der Waals surface area contributed by atoms with Crippen molar-refractivity contribution in [2.45, 2.75) is 0 Å². The number of nitrogens with zero attached hydrogens (tertiary/aromatic N) is 2. The second kappa shape index (κ2) is 8.66. The Balaban J connectivity index is 1.74. The van der Waals surface area contributed by atoms with Crippen molar-refractivity contribution < 1.29 is 29.2 Å². The van der Waals surface area contributed by atoms with Gasteiger partial charge in [0.25, 0.3) is 16.8 Å². The second-order valence-electron chi connectivity index (χ2n) is 6.02. The van der Waals surface area contributed by atoms with E-state index in [1.165, 1.54) is 55.7 Å². The fraction of sp³-hybridized carbons (Fsp3) is 0.105. The topological polar surface area (TPSA) is 139 Å². The van der Waals surface area contributed by atoms with Gasteiger partial charge in [-0.25, -0.2) is 0 Å². The molecule has 154 valence electrons. The molecule has 11 heteroatoms. The van der Waals surface area contributed by atoms with Gasteiger partial charge in [0.05, 0.1) is 16.9 Å². The summed E-state index contributed by atoms with van der Waals surface area (Å²) >= 11 is 0.658. The molecule has 1 aliphatic heterocycles. The second-order valence-corrected chi connectivity index (χ2v) is 7.01. The molecular formula is C19H15N3O7S. The van der Waals surface area contributed by atoms with E-state index in [4.69, 9.17) is 4.74 Å². The lowest BCUT2D eigenvalue weighted by Crippen LogP contribution is -2.36. The molecule has 0 radical (unpaired) electrons. The summed E-state index contributed by atoms with van der Waals surface area (Å²) in [5.74, 6) is -1.30. The third kappa shape index (κ3) is 4.41. The summed E-state index contributed by atoms with van der Waals surface area (Å²) < 4.78 is 5.01. The highest BCUT2D eigenvalue weighted by molar-refractivity contribution is 8.18. The number of hydrogen-bond donors (Lipinski definition) is 2. The van der Waals surface area contributed by atoms with Crippen molar-refractivity contribution in [3.8, 4) is 11.5 Å². The molecule has 10 nitrogen and oxygen atoms in total. The van der Waals surface area contributed by atoms with Crippen molar-refractivity contribution >= 4 is 46.3 Å². The first-order valence-electron chi connectivity index (χ1n) is 8.46. The minimum Gasteiger partial charge on any atom is -0.504 e. The number of hydrogen-bond acceptors (Lipinski definition) is 8. The van der Waals surface area contributed by atoms with Gasteiger partial charge in [-0.3, -0.25) is 29.4 Å². The molecule has 2 aromatic rings. The van der Waals surface area contributed by atoms with Crippen LogP contribution in [0.2, 0.25) is 0 Å². The summed E-state index contributed by atoms with van der Waals surface area (Å²) in [4.78, 5) is 48.2. The van der Waals surface area contributed by atoms with E-state index in [0.717, 1.165) is 4.90 Å². The normalized spacial score (nSPS) is 14.8. The number of para-hydroxylation sites is 2. The minimum atomic E-state index is -0.751. The number of aromatic hydroxyl groups is 1. The molecule has 1 fully saturated rings. The van der Waals surface area contributed by atoms with Crippen LogP contribution in [0.5, 0.6) is 11.5 Å². The summed E-state index contributed by atoms with van der Waals surface area (Å²) in [7, 11) is 1.38. The zero-order valence-electron chi connectivity index (χ0n) is 15.5. The van der Waals surface area contributed by atoms with Crippen molar-refractivity contribution in [2.24, 2.45) is 0 Å². The largest absolute Gasteiger partial charge is 0.504 e. The van der Waals surface area contributed by atoms with Crippen LogP contribution in [0.3, 0.4) is 0 Å². The maximum atomic E-state index is 12.6. The van der Waals surface area contributed by atoms with Gasteiger partial charge in [-0.1, -0.05) is 18.2 Å². The SMILES string of the molecule is COc1cc(/C=C2\SC(=O)N(CC(=O)Nc3ccccc3[N+](=O)[O-])C2=O)ccc1O. The van der Waals surface area contributed by atoms with Crippen LogP contribution in [0.4, 0.5) is 16.2 Å². The first kappa shape index (κ1) is 20.9. The smallest absolute Gasteiger partial charge is 0.294 e. The molecule has 3 rings (SSSR count). The zero-order chi connectivity index (χ0) is 21.8. The molecule has 3 amide bonds. The molecule has 0 bridgehead atoms. The fourth-order valence-electron chi connectivity index (χ4n) is 2.64. The Labute approximate surface area is 174 Å². The van der Waals surface area contributed by atoms with Gasteiger partial charge in [0.15, 0.2) is 11.5 Å². The number of amides is 3. The molecular weight excluding hydrogens is 414 g/mol. The molecule has 30 heavy (non-hydrogen) atoms. The maximum absolute atomic E-state index is 12.6. The van der Waals surface area contributed by atoms with E-state index < -0.39 is 28.5 Å². The lowest BCUT2D eigenvalue weighted by molar-refractivity contribution is -0.383. The van der Waals surface area contributed by atoms with Gasteiger partial charge in [0.2, 0.25) is 5.91 Å². The molecule has 2 aromatic carbocycles. The minimum absolute atomic E-state index is 0.0359. The molecule has 0 atom stereocenters. The van der Waals surface area contributed by atoms with Gasteiger partial charge in [-0.2, -0.15) is 0 Å². The summed E-state index contributed by atoms with van der Waals surface area (Å²) in [5.41, 5.74) is 0.173. The van der Waals surface area contributed by atoms with Crippen molar-refractivity contribution in [3.05, 3.63) is 63.0 Å². The number of phenolic OH excluding ortho intramolecular Hbond substituents is 1. The fourth-order valence-corrected chi connectivity index (χ4v) is 3.48. The van der Waals surface area contributed by atoms with E-state index in [2.05, 4.69) is 5.32 Å². The number of nitro benzene ring substituents is 1. The number of benzene rings is 2. The number of anilines is 1. The molecule has 0 spiro atoms. The van der Waals surface area contributed by atoms with Crippen molar-refractivity contribution in [1.82, 2.24) is 4.90 Å². The summed E-state index contributed by atoms with van der Waals surface area (Å²) in [5, 5.41) is 22.4. The number of ether oxygens (including phenoxy) is 1. The molecule has 1 aliphatic rings. The quantitative estimate of drug-likeness (QED) is 0.406. The number of rotatable bonds is 6. The van der Waals surface area contributed by atoms with E-state index in [0.29, 0.717) is 17.3 Å². The summed E-state index contributed by atoms with van der Waals surface area (Å²) in [6.07, 6.45) is 1.44. The van der Waals surface area contributed by atoms with Crippen LogP contribution < -0.4 is 10.1 Å². The predicted octanol–water partition coefficient (Wildman–Crippen LogP) is 2.98. The number of methoxy groups -OCH3 is 1. The Bertz CT molecular complexity index is 1080. The van der Waals surface area contributed by atoms with Gasteiger partial charge in [-0.15, -0.1) is 0 Å². The summed E-state index contributed by atoms with van der Waals surface area (Å²) in [6, 6.07) is 9.95. The number of nitrogens with one attached hydrogen (secondary N) is 1. The van der Waals surface area contributed by atoms with E-state index in [9.17, 15) is 29.6 Å². The van der Waals surface area contributed by atoms with Crippen LogP contribution in [0.25, 0.3) is 6.08 Å². The monoisotopic (exact) mass is 429 g/mol. The maximum Gasteiger partial charge on any atom is 0.294 e. The Hall–Kier alpha value is -3.86. The van der Waals surface area contributed by atoms with Crippen LogP contribution in [0.15, 0.2) is 47.4 Å². The lowest BCUT2D eigenvalue weighted by Gasteiger charge is -2.12. The molecule has 0 aliphatic carbocycles. The average Bonchev–Trinajstić information content (AvgIpc) is 2.97. The van der Waals surface area contributed by atoms with Crippen LogP contribution in [0.1, 0.15) is 5.56 Å². The van der Waals surface area contributed by atoms with E-state index >= 15 is 0 Å². The number of phenols is 1. The van der Waals surface area contributed by atoms with Gasteiger partial charge in [-0.05, 0) is 41.6 Å². The van der Waals surface area contributed by atoms with Crippen molar-refractivity contribution in [3.63, 3.8) is 0 Å². The predicted molar refractivity (Wildman–Crippen MR) is 109 cm³/mol. The van der Waals surface area contributed by atoms with Crippen molar-refractivity contribution in [1.29, 1.82) is 0 Å². The zero-order valence-corrected chi connectivity index (χ0v) is 16.3. The number of imide groups is 1. The summed E-state index contributed by atoms with van der Waals surface area (Å²) in [6.45, 7) is -0.590. The molecule has 0 unspecified atom stereocenters. The highest BCUT2D eigenvalue weighted by Gasteiger charge is 2.36. The first-order valence-corrected chi connectivity index (χ1v) is 9.27. The Morgan fingerprint density at radius 3 is 2.73 bits per heavy atom. The molecule has 0 aromatic heterocycles. The van der Waals surface area contributed by atoms with Crippen LogP contribution in [-0.4, -0.2) is 45.6 Å². The Morgan fingerprint density at radius 2 is 2.03 bits per heavy atom. The lowest BCUT2D eigenvalue weighted by atomic mass is 10.2. The number of nitro groups is 1. The van der Waals surface area contributed by atoms with Gasteiger partial charge >= 0.3 is 0 Å². The van der Waals surface area contributed by atoms with Gasteiger partial charge in [0, 0.05) is 6.07 Å². The molecule has 2 N–H and O–H groups in total.